The van der Waals surface area contributed by atoms with Crippen LogP contribution in [0.2, 0.25) is 0 Å². The van der Waals surface area contributed by atoms with Gasteiger partial charge in [-0.1, -0.05) is 61.0 Å². The highest BCUT2D eigenvalue weighted by Crippen LogP contribution is 2.38. The first-order chi connectivity index (χ1) is 14.0. The summed E-state index contributed by atoms with van der Waals surface area (Å²) in [5, 5.41) is 13.3. The molecule has 0 saturated heterocycles. The summed E-state index contributed by atoms with van der Waals surface area (Å²) >= 11 is 0. The van der Waals surface area contributed by atoms with Gasteiger partial charge in [0.2, 0.25) is 0 Å². The predicted octanol–water partition coefficient (Wildman–Crippen LogP) is 5.52. The van der Waals surface area contributed by atoms with E-state index in [1.54, 1.807) is 0 Å². The molecular formula is C25H24O4. The van der Waals surface area contributed by atoms with Crippen LogP contribution in [0.15, 0.2) is 60.2 Å². The van der Waals surface area contributed by atoms with E-state index in [0.29, 0.717) is 18.6 Å². The van der Waals surface area contributed by atoms with Crippen LogP contribution in [0, 0.1) is 11.8 Å². The third-order valence-electron chi connectivity index (χ3n) is 5.86. The van der Waals surface area contributed by atoms with Crippen LogP contribution in [0.1, 0.15) is 32.3 Å². The number of allylic oxidation sites excluding steroid dienone is 2. The Balaban J connectivity index is 1.80. The minimum atomic E-state index is -0.949. The second-order valence-electron chi connectivity index (χ2n) is 7.80. The molecular weight excluding hydrogens is 364 g/mol. The van der Waals surface area contributed by atoms with Crippen molar-refractivity contribution in [3.8, 4) is 5.75 Å². The highest BCUT2D eigenvalue weighted by atomic mass is 16.5. The fourth-order valence-electron chi connectivity index (χ4n) is 4.17. The maximum atomic E-state index is 13.1. The highest BCUT2D eigenvalue weighted by molar-refractivity contribution is 6.06. The van der Waals surface area contributed by atoms with E-state index in [4.69, 9.17) is 4.74 Å². The highest BCUT2D eigenvalue weighted by Gasteiger charge is 2.37. The van der Waals surface area contributed by atoms with Gasteiger partial charge in [0.05, 0.1) is 11.8 Å². The fraction of sp³-hybridized carbons (Fsp3) is 0.280. The summed E-state index contributed by atoms with van der Waals surface area (Å²) in [7, 11) is 0. The second-order valence-corrected chi connectivity index (χ2v) is 7.80. The van der Waals surface area contributed by atoms with Crippen LogP contribution in [0.4, 0.5) is 0 Å². The molecule has 2 atom stereocenters. The summed E-state index contributed by atoms with van der Waals surface area (Å²) in [5.74, 6) is -2.34. The summed E-state index contributed by atoms with van der Waals surface area (Å²) in [6.07, 6.45) is 3.64. The Labute approximate surface area is 169 Å². The van der Waals surface area contributed by atoms with Gasteiger partial charge in [0.1, 0.15) is 5.75 Å². The van der Waals surface area contributed by atoms with Crippen molar-refractivity contribution in [2.45, 2.75) is 33.1 Å². The monoisotopic (exact) mass is 388 g/mol. The molecule has 4 nitrogen and oxygen atoms in total. The van der Waals surface area contributed by atoms with Crippen LogP contribution in [0.3, 0.4) is 0 Å². The SMILES string of the molecule is CCc1ccc2c(OC(=O)C3CC=C(C)CC3C(=O)O)c3ccccc3cc2c1. The number of carbonyl (C=O) groups excluding carboxylic acids is 1. The van der Waals surface area contributed by atoms with E-state index in [2.05, 4.69) is 19.1 Å². The number of aliphatic carboxylic acids is 1. The molecule has 0 aliphatic heterocycles. The Kier molecular flexibility index (Phi) is 5.10. The number of hydrogen-bond donors (Lipinski definition) is 1. The van der Waals surface area contributed by atoms with Gasteiger partial charge >= 0.3 is 11.9 Å². The number of esters is 1. The van der Waals surface area contributed by atoms with Crippen molar-refractivity contribution in [3.05, 3.63) is 65.7 Å². The lowest BCUT2D eigenvalue weighted by Crippen LogP contribution is -2.34. The van der Waals surface area contributed by atoms with E-state index in [0.717, 1.165) is 33.5 Å². The lowest BCUT2D eigenvalue weighted by atomic mass is 9.80. The van der Waals surface area contributed by atoms with Crippen molar-refractivity contribution in [3.63, 3.8) is 0 Å². The number of aryl methyl sites for hydroxylation is 1. The van der Waals surface area contributed by atoms with Crippen LogP contribution < -0.4 is 4.74 Å². The minimum absolute atomic E-state index is 0.380. The molecule has 0 spiro atoms. The van der Waals surface area contributed by atoms with E-state index >= 15 is 0 Å². The summed E-state index contributed by atoms with van der Waals surface area (Å²) < 4.78 is 5.94. The molecule has 0 amide bonds. The van der Waals surface area contributed by atoms with Crippen molar-refractivity contribution in [1.82, 2.24) is 0 Å². The molecule has 2 unspecified atom stereocenters. The summed E-state index contributed by atoms with van der Waals surface area (Å²) in [6, 6.07) is 16.1. The summed E-state index contributed by atoms with van der Waals surface area (Å²) in [5.41, 5.74) is 2.22. The predicted molar refractivity (Wildman–Crippen MR) is 114 cm³/mol. The number of carboxylic acid groups (broad SMARTS) is 1. The van der Waals surface area contributed by atoms with E-state index < -0.39 is 23.8 Å². The third-order valence-corrected chi connectivity index (χ3v) is 5.86. The maximum Gasteiger partial charge on any atom is 0.315 e. The van der Waals surface area contributed by atoms with E-state index in [1.807, 2.05) is 49.4 Å². The van der Waals surface area contributed by atoms with Crippen molar-refractivity contribution in [2.24, 2.45) is 11.8 Å². The first-order valence-electron chi connectivity index (χ1n) is 10.0. The molecule has 0 fully saturated rings. The zero-order valence-electron chi connectivity index (χ0n) is 16.6. The smallest absolute Gasteiger partial charge is 0.315 e. The Bertz CT molecular complexity index is 1140. The largest absolute Gasteiger partial charge is 0.481 e. The Hall–Kier alpha value is -3.14. The summed E-state index contributed by atoms with van der Waals surface area (Å²) in [6.45, 7) is 4.01. The topological polar surface area (TPSA) is 63.6 Å². The molecule has 148 valence electrons. The first kappa shape index (κ1) is 19.2. The van der Waals surface area contributed by atoms with Gasteiger partial charge in [0, 0.05) is 10.8 Å². The third kappa shape index (κ3) is 3.63. The van der Waals surface area contributed by atoms with E-state index in [1.165, 1.54) is 5.56 Å². The van der Waals surface area contributed by atoms with Gasteiger partial charge in [0.15, 0.2) is 0 Å². The zero-order chi connectivity index (χ0) is 20.5. The lowest BCUT2D eigenvalue weighted by molar-refractivity contribution is -0.152. The quantitative estimate of drug-likeness (QED) is 0.277. The zero-order valence-corrected chi connectivity index (χ0v) is 16.6. The number of rotatable bonds is 4. The summed E-state index contributed by atoms with van der Waals surface area (Å²) in [4.78, 5) is 24.8. The maximum absolute atomic E-state index is 13.1. The molecule has 0 saturated carbocycles. The molecule has 1 aliphatic carbocycles. The minimum Gasteiger partial charge on any atom is -0.481 e. The average molecular weight is 388 g/mol. The van der Waals surface area contributed by atoms with Gasteiger partial charge in [-0.25, -0.2) is 0 Å². The second kappa shape index (κ2) is 7.70. The van der Waals surface area contributed by atoms with Crippen molar-refractivity contribution in [1.29, 1.82) is 0 Å². The van der Waals surface area contributed by atoms with Crippen molar-refractivity contribution >= 4 is 33.5 Å². The van der Waals surface area contributed by atoms with Crippen molar-refractivity contribution < 1.29 is 19.4 Å². The Morgan fingerprint density at radius 2 is 1.79 bits per heavy atom. The van der Waals surface area contributed by atoms with E-state index in [-0.39, 0.29) is 0 Å². The molecule has 0 bridgehead atoms. The Morgan fingerprint density at radius 3 is 2.55 bits per heavy atom. The molecule has 29 heavy (non-hydrogen) atoms. The number of hydrogen-bond acceptors (Lipinski definition) is 3. The molecule has 4 heteroatoms. The average Bonchev–Trinajstić information content (AvgIpc) is 2.72. The molecule has 1 aliphatic rings. The fourth-order valence-corrected chi connectivity index (χ4v) is 4.17. The normalized spacial score (nSPS) is 19.2. The number of carbonyl (C=O) groups is 2. The lowest BCUT2D eigenvalue weighted by Gasteiger charge is -2.26. The van der Waals surface area contributed by atoms with Gasteiger partial charge in [0.25, 0.3) is 0 Å². The van der Waals surface area contributed by atoms with Gasteiger partial charge in [-0.05, 0) is 48.6 Å². The van der Waals surface area contributed by atoms with Gasteiger partial charge in [-0.2, -0.15) is 0 Å². The number of benzene rings is 3. The first-order valence-corrected chi connectivity index (χ1v) is 10.0. The van der Waals surface area contributed by atoms with Crippen LogP contribution in [0.5, 0.6) is 5.75 Å². The molecule has 3 aromatic carbocycles. The number of carboxylic acids is 1. The molecule has 0 heterocycles. The van der Waals surface area contributed by atoms with Crippen molar-refractivity contribution in [2.75, 3.05) is 0 Å². The van der Waals surface area contributed by atoms with Gasteiger partial charge in [-0.3, -0.25) is 9.59 Å². The number of fused-ring (bicyclic) bond motifs is 2. The standard InChI is InChI=1S/C25H24O4/c1-3-16-9-11-20-18(13-16)14-17-6-4-5-7-19(17)23(20)29-25(28)21-10-8-15(2)12-22(21)24(26)27/h4-9,11,13-14,21-22H,3,10,12H2,1-2H3,(H,26,27). The molecule has 0 radical (unpaired) electrons. The number of ether oxygens (including phenoxy) is 1. The van der Waals surface area contributed by atoms with Gasteiger partial charge < -0.3 is 9.84 Å². The van der Waals surface area contributed by atoms with Crippen LogP contribution in [-0.4, -0.2) is 17.0 Å². The molecule has 1 N–H and O–H groups in total. The van der Waals surface area contributed by atoms with Crippen LogP contribution >= 0.6 is 0 Å². The van der Waals surface area contributed by atoms with Gasteiger partial charge in [-0.15, -0.1) is 0 Å². The van der Waals surface area contributed by atoms with Crippen LogP contribution in [0.25, 0.3) is 21.5 Å². The van der Waals surface area contributed by atoms with E-state index in [9.17, 15) is 14.7 Å². The molecule has 4 rings (SSSR count). The Morgan fingerprint density at radius 1 is 1.03 bits per heavy atom. The molecule has 0 aromatic heterocycles. The molecule has 3 aromatic rings. The van der Waals surface area contributed by atoms with Crippen LogP contribution in [-0.2, 0) is 16.0 Å².